The highest BCUT2D eigenvalue weighted by atomic mass is 28.4. The fourth-order valence-corrected chi connectivity index (χ4v) is 5.84. The first kappa shape index (κ1) is 19.1. The van der Waals surface area contributed by atoms with E-state index in [1.807, 2.05) is 0 Å². The lowest BCUT2D eigenvalue weighted by atomic mass is 9.81. The topological polar surface area (TPSA) is 36.9 Å². The monoisotopic (exact) mass is 318 g/mol. The van der Waals surface area contributed by atoms with Crippen LogP contribution in [-0.2, 0) is 18.3 Å². The van der Waals surface area contributed by atoms with Gasteiger partial charge in [0.2, 0.25) is 0 Å². The molecule has 1 aliphatic heterocycles. The molecule has 21 heavy (non-hydrogen) atoms. The maximum Gasteiger partial charge on any atom is 0.337 e. The molecule has 0 aromatic heterocycles. The normalized spacial score (nSPS) is 19.3. The molecular weight excluding hydrogens is 284 g/mol. The molecule has 1 fully saturated rings. The standard InChI is InChI=1S/C16H34O4Si/c1-6-11-18-15(16(5)13-17-14-16)10-12-21(9-4,19-7-2)20-8-3/h15H,6-14H2,1-5H3. The Morgan fingerprint density at radius 3 is 2.10 bits per heavy atom. The minimum Gasteiger partial charge on any atom is -0.394 e. The maximum absolute atomic E-state index is 6.13. The predicted octanol–water partition coefficient (Wildman–Crippen LogP) is 3.74. The van der Waals surface area contributed by atoms with E-state index >= 15 is 0 Å². The summed E-state index contributed by atoms with van der Waals surface area (Å²) in [7, 11) is -2.06. The highest BCUT2D eigenvalue weighted by Crippen LogP contribution is 2.37. The van der Waals surface area contributed by atoms with Crippen molar-refractivity contribution < 1.29 is 18.3 Å². The Labute approximate surface area is 131 Å². The van der Waals surface area contributed by atoms with Crippen LogP contribution in [0.5, 0.6) is 0 Å². The summed E-state index contributed by atoms with van der Waals surface area (Å²) in [6.45, 7) is 14.6. The molecule has 126 valence electrons. The molecular formula is C16H34O4Si. The van der Waals surface area contributed by atoms with Gasteiger partial charge in [0.05, 0.1) is 19.3 Å². The quantitative estimate of drug-likeness (QED) is 0.514. The average molecular weight is 319 g/mol. The van der Waals surface area contributed by atoms with Gasteiger partial charge in [-0.05, 0) is 38.8 Å². The summed E-state index contributed by atoms with van der Waals surface area (Å²) in [5, 5.41) is 0. The van der Waals surface area contributed by atoms with Gasteiger partial charge < -0.3 is 18.3 Å². The zero-order valence-corrected chi connectivity index (χ0v) is 15.6. The van der Waals surface area contributed by atoms with Crippen LogP contribution in [0.4, 0.5) is 0 Å². The van der Waals surface area contributed by atoms with E-state index < -0.39 is 8.56 Å². The van der Waals surface area contributed by atoms with Crippen LogP contribution in [0.15, 0.2) is 0 Å². The van der Waals surface area contributed by atoms with E-state index in [0.29, 0.717) is 0 Å². The van der Waals surface area contributed by atoms with Gasteiger partial charge in [0.15, 0.2) is 0 Å². The van der Waals surface area contributed by atoms with Crippen LogP contribution in [0.25, 0.3) is 0 Å². The van der Waals surface area contributed by atoms with Crippen LogP contribution in [0.2, 0.25) is 12.1 Å². The van der Waals surface area contributed by atoms with Crippen molar-refractivity contribution in [1.82, 2.24) is 0 Å². The SMILES string of the molecule is CCCOC(CC[Si](CC)(OCC)OCC)C1(C)COC1. The molecule has 1 rings (SSSR count). The lowest BCUT2D eigenvalue weighted by Crippen LogP contribution is -2.51. The van der Waals surface area contributed by atoms with Gasteiger partial charge in [0, 0.05) is 25.2 Å². The molecule has 4 nitrogen and oxygen atoms in total. The van der Waals surface area contributed by atoms with Crippen LogP contribution >= 0.6 is 0 Å². The van der Waals surface area contributed by atoms with Gasteiger partial charge in [-0.15, -0.1) is 0 Å². The molecule has 5 heteroatoms. The lowest BCUT2D eigenvalue weighted by Gasteiger charge is -2.45. The van der Waals surface area contributed by atoms with Crippen molar-refractivity contribution in [3.05, 3.63) is 0 Å². The molecule has 1 saturated heterocycles. The molecule has 0 aromatic rings. The molecule has 0 saturated carbocycles. The van der Waals surface area contributed by atoms with E-state index in [1.54, 1.807) is 0 Å². The van der Waals surface area contributed by atoms with Crippen molar-refractivity contribution in [3.63, 3.8) is 0 Å². The van der Waals surface area contributed by atoms with Gasteiger partial charge >= 0.3 is 8.56 Å². The maximum atomic E-state index is 6.13. The Morgan fingerprint density at radius 1 is 1.10 bits per heavy atom. The van der Waals surface area contributed by atoms with Crippen molar-refractivity contribution in [2.75, 3.05) is 33.0 Å². The largest absolute Gasteiger partial charge is 0.394 e. The minimum absolute atomic E-state index is 0.168. The smallest absolute Gasteiger partial charge is 0.337 e. The van der Waals surface area contributed by atoms with E-state index in [1.165, 1.54) is 0 Å². The second-order valence-electron chi connectivity index (χ2n) is 6.18. The van der Waals surface area contributed by atoms with E-state index in [9.17, 15) is 0 Å². The van der Waals surface area contributed by atoms with Crippen LogP contribution < -0.4 is 0 Å². The molecule has 1 heterocycles. The lowest BCUT2D eigenvalue weighted by molar-refractivity contribution is -0.178. The summed E-state index contributed by atoms with van der Waals surface area (Å²) < 4.78 is 23.7. The van der Waals surface area contributed by atoms with Crippen LogP contribution in [-0.4, -0.2) is 47.7 Å². The zero-order valence-electron chi connectivity index (χ0n) is 14.6. The molecule has 0 aromatic carbocycles. The van der Waals surface area contributed by atoms with Crippen LogP contribution in [0, 0.1) is 5.41 Å². The fourth-order valence-electron chi connectivity index (χ4n) is 2.95. The van der Waals surface area contributed by atoms with Crippen molar-refractivity contribution in [2.45, 2.75) is 65.7 Å². The second kappa shape index (κ2) is 9.25. The highest BCUT2D eigenvalue weighted by Gasteiger charge is 2.44. The molecule has 0 bridgehead atoms. The van der Waals surface area contributed by atoms with Crippen molar-refractivity contribution in [2.24, 2.45) is 5.41 Å². The third-order valence-corrected chi connectivity index (χ3v) is 8.06. The average Bonchev–Trinajstić information content (AvgIpc) is 2.45. The van der Waals surface area contributed by atoms with Crippen molar-refractivity contribution in [3.8, 4) is 0 Å². The third-order valence-electron chi connectivity index (χ3n) is 4.30. The van der Waals surface area contributed by atoms with E-state index in [-0.39, 0.29) is 11.5 Å². The van der Waals surface area contributed by atoms with Crippen molar-refractivity contribution >= 4 is 8.56 Å². The number of rotatable bonds is 12. The molecule has 0 spiro atoms. The fraction of sp³-hybridized carbons (Fsp3) is 1.00. The summed E-state index contributed by atoms with van der Waals surface area (Å²) in [4.78, 5) is 0. The first-order chi connectivity index (χ1) is 10.1. The second-order valence-corrected chi connectivity index (χ2v) is 9.78. The predicted molar refractivity (Wildman–Crippen MR) is 87.9 cm³/mol. The molecule has 1 aliphatic rings. The van der Waals surface area contributed by atoms with E-state index in [4.69, 9.17) is 18.3 Å². The van der Waals surface area contributed by atoms with Crippen LogP contribution in [0.1, 0.15) is 47.5 Å². The van der Waals surface area contributed by atoms with Gasteiger partial charge in [0.1, 0.15) is 0 Å². The highest BCUT2D eigenvalue weighted by molar-refractivity contribution is 6.67. The Hall–Kier alpha value is 0.0569. The number of ether oxygens (including phenoxy) is 2. The van der Waals surface area contributed by atoms with Crippen LogP contribution in [0.3, 0.4) is 0 Å². The van der Waals surface area contributed by atoms with Crippen molar-refractivity contribution in [1.29, 1.82) is 0 Å². The molecule has 0 aliphatic carbocycles. The van der Waals surface area contributed by atoms with Gasteiger partial charge in [-0.25, -0.2) is 0 Å². The summed E-state index contributed by atoms with van der Waals surface area (Å²) in [6, 6.07) is 2.01. The van der Waals surface area contributed by atoms with Gasteiger partial charge in [-0.1, -0.05) is 20.8 Å². The third kappa shape index (κ3) is 5.32. The Kier molecular flexibility index (Phi) is 8.42. The van der Waals surface area contributed by atoms with Gasteiger partial charge in [-0.2, -0.15) is 0 Å². The summed E-state index contributed by atoms with van der Waals surface area (Å²) >= 11 is 0. The zero-order chi connectivity index (χ0) is 15.8. The summed E-state index contributed by atoms with van der Waals surface area (Å²) in [5.41, 5.74) is 0.168. The number of hydrogen-bond donors (Lipinski definition) is 0. The minimum atomic E-state index is -2.06. The Balaban J connectivity index is 2.63. The first-order valence-electron chi connectivity index (χ1n) is 8.53. The first-order valence-corrected chi connectivity index (χ1v) is 10.8. The summed E-state index contributed by atoms with van der Waals surface area (Å²) in [5.74, 6) is 0. The summed E-state index contributed by atoms with van der Waals surface area (Å²) in [6.07, 6.45) is 2.33. The Bertz CT molecular complexity index is 275. The molecule has 0 amide bonds. The van der Waals surface area contributed by atoms with Gasteiger partial charge in [0.25, 0.3) is 0 Å². The Morgan fingerprint density at radius 2 is 1.71 bits per heavy atom. The van der Waals surface area contributed by atoms with E-state index in [0.717, 1.165) is 58.0 Å². The molecule has 0 radical (unpaired) electrons. The van der Waals surface area contributed by atoms with Gasteiger partial charge in [-0.3, -0.25) is 0 Å². The molecule has 0 N–H and O–H groups in total. The van der Waals surface area contributed by atoms with E-state index in [2.05, 4.69) is 34.6 Å². The number of hydrogen-bond acceptors (Lipinski definition) is 4. The molecule has 1 unspecified atom stereocenters. The molecule has 1 atom stereocenters.